The number of hydrogen-bond acceptors (Lipinski definition) is 3. The van der Waals surface area contributed by atoms with E-state index in [0.29, 0.717) is 32.8 Å². The van der Waals surface area contributed by atoms with Crippen LogP contribution < -0.4 is 5.32 Å². The Hall–Kier alpha value is -0.820. The third kappa shape index (κ3) is 4.36. The first kappa shape index (κ1) is 13.2. The molecule has 0 aromatic carbocycles. The summed E-state index contributed by atoms with van der Waals surface area (Å²) < 4.78 is 40.9. The molecule has 16 heavy (non-hydrogen) atoms. The first-order valence-electron chi connectivity index (χ1n) is 5.07. The molecule has 4 nitrogen and oxygen atoms in total. The summed E-state index contributed by atoms with van der Waals surface area (Å²) in [7, 11) is 0. The van der Waals surface area contributed by atoms with E-state index in [9.17, 15) is 18.0 Å². The molecule has 0 saturated carbocycles. The number of amides is 1. The van der Waals surface area contributed by atoms with Crippen LogP contribution in [0.15, 0.2) is 0 Å². The summed E-state index contributed by atoms with van der Waals surface area (Å²) in [6.07, 6.45) is -4.81. The summed E-state index contributed by atoms with van der Waals surface area (Å²) in [5.41, 5.74) is 0. The zero-order chi connectivity index (χ0) is 12.2. The molecule has 0 aliphatic carbocycles. The number of nitrogens with zero attached hydrogens (tertiary/aromatic N) is 1. The Morgan fingerprint density at radius 1 is 1.44 bits per heavy atom. The van der Waals surface area contributed by atoms with E-state index in [4.69, 9.17) is 4.74 Å². The Bertz CT molecular complexity index is 239. The maximum Gasteiger partial charge on any atom is 0.471 e. The van der Waals surface area contributed by atoms with Gasteiger partial charge in [0.2, 0.25) is 0 Å². The van der Waals surface area contributed by atoms with Gasteiger partial charge < -0.3 is 10.1 Å². The summed E-state index contributed by atoms with van der Waals surface area (Å²) in [6, 6.07) is -0.521. The van der Waals surface area contributed by atoms with Crippen molar-refractivity contribution in [3.05, 3.63) is 0 Å². The molecule has 0 spiro atoms. The molecule has 1 N–H and O–H groups in total. The summed E-state index contributed by atoms with van der Waals surface area (Å²) in [4.78, 5) is 12.6. The predicted octanol–water partition coefficient (Wildman–Crippen LogP) is 0.386. The molecule has 1 atom stereocenters. The zero-order valence-corrected chi connectivity index (χ0v) is 9.01. The molecule has 1 aliphatic rings. The second-order valence-electron chi connectivity index (χ2n) is 3.79. The van der Waals surface area contributed by atoms with Crippen molar-refractivity contribution in [2.45, 2.75) is 19.1 Å². The van der Waals surface area contributed by atoms with Crippen molar-refractivity contribution >= 4 is 5.91 Å². The SMILES string of the molecule is CC(CN1CCOCC1)NC(=O)C(F)(F)F. The van der Waals surface area contributed by atoms with E-state index in [0.717, 1.165) is 0 Å². The highest BCUT2D eigenvalue weighted by Crippen LogP contribution is 2.14. The molecule has 0 bridgehead atoms. The van der Waals surface area contributed by atoms with E-state index in [2.05, 4.69) is 0 Å². The van der Waals surface area contributed by atoms with Crippen molar-refractivity contribution in [2.75, 3.05) is 32.8 Å². The number of ether oxygens (including phenoxy) is 1. The van der Waals surface area contributed by atoms with Gasteiger partial charge in [-0.05, 0) is 6.92 Å². The Labute approximate surface area is 91.7 Å². The lowest BCUT2D eigenvalue weighted by Crippen LogP contribution is -2.49. The lowest BCUT2D eigenvalue weighted by molar-refractivity contribution is -0.174. The molecule has 94 valence electrons. The fourth-order valence-corrected chi connectivity index (χ4v) is 1.52. The minimum atomic E-state index is -4.81. The lowest BCUT2D eigenvalue weighted by Gasteiger charge is -2.29. The van der Waals surface area contributed by atoms with Crippen LogP contribution in [0, 0.1) is 0 Å². The van der Waals surface area contributed by atoms with Gasteiger partial charge in [0.15, 0.2) is 0 Å². The minimum Gasteiger partial charge on any atom is -0.379 e. The van der Waals surface area contributed by atoms with Gasteiger partial charge in [-0.3, -0.25) is 9.69 Å². The zero-order valence-electron chi connectivity index (χ0n) is 9.01. The molecule has 0 radical (unpaired) electrons. The normalized spacial score (nSPS) is 20.5. The second kappa shape index (κ2) is 5.49. The smallest absolute Gasteiger partial charge is 0.379 e. The minimum absolute atomic E-state index is 0.408. The predicted molar refractivity (Wildman–Crippen MR) is 50.9 cm³/mol. The van der Waals surface area contributed by atoms with Gasteiger partial charge in [-0.25, -0.2) is 0 Å². The van der Waals surface area contributed by atoms with Crippen LogP contribution in [-0.4, -0.2) is 55.9 Å². The van der Waals surface area contributed by atoms with Gasteiger partial charge in [-0.15, -0.1) is 0 Å². The van der Waals surface area contributed by atoms with Crippen molar-refractivity contribution < 1.29 is 22.7 Å². The quantitative estimate of drug-likeness (QED) is 0.775. The molecule has 1 fully saturated rings. The number of alkyl halides is 3. The molecule has 0 aromatic rings. The first-order chi connectivity index (χ1) is 7.39. The topological polar surface area (TPSA) is 41.6 Å². The lowest BCUT2D eigenvalue weighted by atomic mass is 10.3. The van der Waals surface area contributed by atoms with E-state index in [1.54, 1.807) is 6.92 Å². The van der Waals surface area contributed by atoms with E-state index in [-0.39, 0.29) is 0 Å². The van der Waals surface area contributed by atoms with Crippen LogP contribution in [0.2, 0.25) is 0 Å². The Balaban J connectivity index is 2.29. The molecule has 1 heterocycles. The van der Waals surface area contributed by atoms with Gasteiger partial charge >= 0.3 is 12.1 Å². The molecule has 1 saturated heterocycles. The van der Waals surface area contributed by atoms with Gasteiger partial charge in [0, 0.05) is 25.7 Å². The van der Waals surface area contributed by atoms with Crippen LogP contribution in [-0.2, 0) is 9.53 Å². The van der Waals surface area contributed by atoms with Gasteiger partial charge in [-0.1, -0.05) is 0 Å². The summed E-state index contributed by atoms with van der Waals surface area (Å²) in [5.74, 6) is -1.88. The Morgan fingerprint density at radius 3 is 2.50 bits per heavy atom. The molecular weight excluding hydrogens is 225 g/mol. The molecule has 0 aromatic heterocycles. The van der Waals surface area contributed by atoms with Crippen LogP contribution in [0.4, 0.5) is 13.2 Å². The standard InChI is InChI=1S/C9H15F3N2O2/c1-7(13-8(15)9(10,11)12)6-14-2-4-16-5-3-14/h7H,2-6H2,1H3,(H,13,15). The van der Waals surface area contributed by atoms with Crippen LogP contribution in [0.3, 0.4) is 0 Å². The van der Waals surface area contributed by atoms with Gasteiger partial charge in [0.1, 0.15) is 0 Å². The van der Waals surface area contributed by atoms with E-state index >= 15 is 0 Å². The monoisotopic (exact) mass is 240 g/mol. The summed E-state index contributed by atoms with van der Waals surface area (Å²) >= 11 is 0. The number of morpholine rings is 1. The molecule has 1 unspecified atom stereocenters. The van der Waals surface area contributed by atoms with Crippen molar-refractivity contribution in [2.24, 2.45) is 0 Å². The average molecular weight is 240 g/mol. The third-order valence-corrected chi connectivity index (χ3v) is 2.27. The maximum atomic E-state index is 11.9. The summed E-state index contributed by atoms with van der Waals surface area (Å²) in [6.45, 7) is 4.50. The Kier molecular flexibility index (Phi) is 4.55. The fourth-order valence-electron chi connectivity index (χ4n) is 1.52. The van der Waals surface area contributed by atoms with Crippen molar-refractivity contribution in [3.8, 4) is 0 Å². The Morgan fingerprint density at radius 2 is 2.00 bits per heavy atom. The highest BCUT2D eigenvalue weighted by atomic mass is 19.4. The number of halogens is 3. The molecule has 1 rings (SSSR count). The van der Waals surface area contributed by atoms with Gasteiger partial charge in [-0.2, -0.15) is 13.2 Å². The molecule has 1 aliphatic heterocycles. The molecule has 7 heteroatoms. The number of carbonyl (C=O) groups is 1. The van der Waals surface area contributed by atoms with Crippen LogP contribution in [0.25, 0.3) is 0 Å². The number of rotatable bonds is 3. The fraction of sp³-hybridized carbons (Fsp3) is 0.889. The largest absolute Gasteiger partial charge is 0.471 e. The van der Waals surface area contributed by atoms with Crippen molar-refractivity contribution in [1.29, 1.82) is 0 Å². The summed E-state index contributed by atoms with van der Waals surface area (Å²) in [5, 5.41) is 1.92. The first-order valence-corrected chi connectivity index (χ1v) is 5.07. The highest BCUT2D eigenvalue weighted by Gasteiger charge is 2.39. The highest BCUT2D eigenvalue weighted by molar-refractivity contribution is 5.81. The van der Waals surface area contributed by atoms with Crippen LogP contribution in [0.5, 0.6) is 0 Å². The van der Waals surface area contributed by atoms with E-state index in [1.165, 1.54) is 0 Å². The number of hydrogen-bond donors (Lipinski definition) is 1. The maximum absolute atomic E-state index is 11.9. The van der Waals surface area contributed by atoms with E-state index < -0.39 is 18.1 Å². The van der Waals surface area contributed by atoms with E-state index in [1.807, 2.05) is 10.2 Å². The molecule has 1 amide bonds. The number of nitrogens with one attached hydrogen (secondary N) is 1. The third-order valence-electron chi connectivity index (χ3n) is 2.27. The second-order valence-corrected chi connectivity index (χ2v) is 3.79. The van der Waals surface area contributed by atoms with Crippen molar-refractivity contribution in [3.63, 3.8) is 0 Å². The average Bonchev–Trinajstić information content (AvgIpc) is 2.17. The van der Waals surface area contributed by atoms with Gasteiger partial charge in [0.05, 0.1) is 13.2 Å². The van der Waals surface area contributed by atoms with Gasteiger partial charge in [0.25, 0.3) is 0 Å². The van der Waals surface area contributed by atoms with Crippen molar-refractivity contribution in [1.82, 2.24) is 10.2 Å². The van der Waals surface area contributed by atoms with Crippen LogP contribution in [0.1, 0.15) is 6.92 Å². The van der Waals surface area contributed by atoms with Crippen LogP contribution >= 0.6 is 0 Å². The number of carbonyl (C=O) groups excluding carboxylic acids is 1. The molecular formula is C9H15F3N2O2.